The fourth-order valence-electron chi connectivity index (χ4n) is 3.74. The highest BCUT2D eigenvalue weighted by molar-refractivity contribution is 6.43. The van der Waals surface area contributed by atoms with Crippen molar-refractivity contribution in [2.24, 2.45) is 11.3 Å². The quantitative estimate of drug-likeness (QED) is 0.444. The second-order valence-electron chi connectivity index (χ2n) is 9.96. The van der Waals surface area contributed by atoms with Crippen LogP contribution in [0.1, 0.15) is 53.9 Å². The summed E-state index contributed by atoms with van der Waals surface area (Å²) in [5, 5.41) is 24.8. The van der Waals surface area contributed by atoms with Gasteiger partial charge in [0.05, 0.1) is 5.94 Å². The molecular formula is C22H35BFN3O4. The van der Waals surface area contributed by atoms with Crippen LogP contribution in [0.4, 0.5) is 10.1 Å². The number of nitrogens with zero attached hydrogens (tertiary/aromatic N) is 1. The van der Waals surface area contributed by atoms with Gasteiger partial charge in [-0.05, 0) is 54.9 Å². The average Bonchev–Trinajstić information content (AvgIpc) is 2.59. The van der Waals surface area contributed by atoms with Crippen molar-refractivity contribution in [3.63, 3.8) is 0 Å². The van der Waals surface area contributed by atoms with Gasteiger partial charge in [-0.25, -0.2) is 4.39 Å². The van der Waals surface area contributed by atoms with E-state index in [9.17, 15) is 24.0 Å². The largest absolute Gasteiger partial charge is 0.475 e. The number of hydrogen-bond donors (Lipinski definition) is 4. The summed E-state index contributed by atoms with van der Waals surface area (Å²) in [5.74, 6) is -1.71. The number of carbonyl (C=O) groups excluding carboxylic acids is 2. The van der Waals surface area contributed by atoms with Crippen molar-refractivity contribution in [3.8, 4) is 0 Å². The topological polar surface area (TPSA) is 102 Å². The van der Waals surface area contributed by atoms with E-state index in [0.29, 0.717) is 25.8 Å². The van der Waals surface area contributed by atoms with Gasteiger partial charge in [-0.2, -0.15) is 0 Å². The average molecular weight is 435 g/mol. The first kappa shape index (κ1) is 25.1. The molecule has 3 unspecified atom stereocenters. The monoisotopic (exact) mass is 435 g/mol. The fraction of sp³-hybridized carbons (Fsp3) is 0.636. The van der Waals surface area contributed by atoms with Crippen LogP contribution in [0.25, 0.3) is 0 Å². The summed E-state index contributed by atoms with van der Waals surface area (Å²) < 4.78 is 13.2. The van der Waals surface area contributed by atoms with Crippen LogP contribution < -0.4 is 15.5 Å². The number of halogens is 1. The van der Waals surface area contributed by atoms with Crippen molar-refractivity contribution < 1.29 is 24.0 Å². The smallest absolute Gasteiger partial charge is 0.426 e. The van der Waals surface area contributed by atoms with Gasteiger partial charge in [-0.3, -0.25) is 9.59 Å². The highest BCUT2D eigenvalue weighted by Crippen LogP contribution is 2.27. The van der Waals surface area contributed by atoms with Gasteiger partial charge in [0, 0.05) is 12.2 Å². The van der Waals surface area contributed by atoms with Gasteiger partial charge in [-0.1, -0.05) is 34.6 Å². The summed E-state index contributed by atoms with van der Waals surface area (Å²) in [4.78, 5) is 27.8. The molecule has 0 radical (unpaired) electrons. The predicted molar refractivity (Wildman–Crippen MR) is 120 cm³/mol. The first-order valence-corrected chi connectivity index (χ1v) is 10.9. The Balaban J connectivity index is 2.09. The number of rotatable bonds is 9. The zero-order valence-corrected chi connectivity index (χ0v) is 19.1. The van der Waals surface area contributed by atoms with Gasteiger partial charge in [0.15, 0.2) is 0 Å². The van der Waals surface area contributed by atoms with Crippen molar-refractivity contribution in [2.75, 3.05) is 11.4 Å². The Kier molecular flexibility index (Phi) is 8.48. The molecule has 9 heteroatoms. The van der Waals surface area contributed by atoms with Gasteiger partial charge in [-0.15, -0.1) is 0 Å². The SMILES string of the molecule is CC(C)CC(NC(=O)C(CC(C)(C)C)NC(=O)C1CCN1c1ccc(F)cc1)B(O)O. The highest BCUT2D eigenvalue weighted by atomic mass is 19.1. The van der Waals surface area contributed by atoms with Gasteiger partial charge in [0.2, 0.25) is 11.8 Å². The summed E-state index contributed by atoms with van der Waals surface area (Å²) in [6.07, 6.45) is 1.43. The van der Waals surface area contributed by atoms with Crippen LogP contribution in [-0.4, -0.2) is 53.6 Å². The van der Waals surface area contributed by atoms with Crippen molar-refractivity contribution >= 4 is 24.6 Å². The predicted octanol–water partition coefficient (Wildman–Crippen LogP) is 1.87. The number of hydrogen-bond acceptors (Lipinski definition) is 5. The molecule has 1 saturated heterocycles. The van der Waals surface area contributed by atoms with E-state index in [1.807, 2.05) is 39.5 Å². The maximum absolute atomic E-state index is 13.2. The molecule has 0 saturated carbocycles. The molecule has 0 bridgehead atoms. The van der Waals surface area contributed by atoms with Crippen LogP contribution >= 0.6 is 0 Å². The number of nitrogens with one attached hydrogen (secondary N) is 2. The van der Waals surface area contributed by atoms with Crippen molar-refractivity contribution in [1.82, 2.24) is 10.6 Å². The van der Waals surface area contributed by atoms with E-state index in [0.717, 1.165) is 5.69 Å². The molecule has 2 amide bonds. The van der Waals surface area contributed by atoms with Crippen LogP contribution in [0.5, 0.6) is 0 Å². The Morgan fingerprint density at radius 1 is 1.19 bits per heavy atom. The van der Waals surface area contributed by atoms with Gasteiger partial charge in [0.1, 0.15) is 17.9 Å². The number of carbonyl (C=O) groups is 2. The third-order valence-corrected chi connectivity index (χ3v) is 5.34. The summed E-state index contributed by atoms with van der Waals surface area (Å²) in [7, 11) is -1.68. The Morgan fingerprint density at radius 2 is 1.81 bits per heavy atom. The second kappa shape index (κ2) is 10.5. The number of anilines is 1. The van der Waals surface area contributed by atoms with E-state index in [1.54, 1.807) is 12.1 Å². The molecule has 31 heavy (non-hydrogen) atoms. The molecule has 1 aromatic carbocycles. The summed E-state index contributed by atoms with van der Waals surface area (Å²) in [6.45, 7) is 10.4. The number of benzene rings is 1. The maximum Gasteiger partial charge on any atom is 0.475 e. The van der Waals surface area contributed by atoms with E-state index >= 15 is 0 Å². The Hall–Kier alpha value is -2.13. The Morgan fingerprint density at radius 3 is 2.26 bits per heavy atom. The minimum atomic E-state index is -1.68. The molecule has 0 spiro atoms. The van der Waals surface area contributed by atoms with Crippen LogP contribution in [-0.2, 0) is 9.59 Å². The van der Waals surface area contributed by atoms with E-state index in [4.69, 9.17) is 0 Å². The van der Waals surface area contributed by atoms with Gasteiger partial charge in [0.25, 0.3) is 0 Å². The molecule has 1 aromatic rings. The molecule has 1 fully saturated rings. The number of amides is 2. The third-order valence-electron chi connectivity index (χ3n) is 5.34. The van der Waals surface area contributed by atoms with E-state index in [2.05, 4.69) is 10.6 Å². The van der Waals surface area contributed by atoms with Crippen LogP contribution in [0, 0.1) is 17.2 Å². The zero-order chi connectivity index (χ0) is 23.3. The molecule has 3 atom stereocenters. The second-order valence-corrected chi connectivity index (χ2v) is 9.96. The summed E-state index contributed by atoms with van der Waals surface area (Å²) in [6, 6.07) is 4.73. The highest BCUT2D eigenvalue weighted by Gasteiger charge is 2.38. The zero-order valence-electron chi connectivity index (χ0n) is 19.1. The minimum absolute atomic E-state index is 0.155. The fourth-order valence-corrected chi connectivity index (χ4v) is 3.74. The lowest BCUT2D eigenvalue weighted by atomic mass is 9.74. The standard InChI is InChI=1S/C22H35BFN3O4/c1-14(2)12-19(23(30)31)26-20(28)17(13-22(3,4)5)25-21(29)18-10-11-27(18)16-8-6-15(24)7-9-16/h6-9,14,17-19,30-31H,10-13H2,1-5H3,(H,25,29)(H,26,28). The third kappa shape index (κ3) is 7.50. The molecule has 4 N–H and O–H groups in total. The molecule has 1 aliphatic rings. The molecule has 2 rings (SSSR count). The van der Waals surface area contributed by atoms with Gasteiger partial charge >= 0.3 is 7.12 Å². The van der Waals surface area contributed by atoms with Crippen LogP contribution in [0.2, 0.25) is 0 Å². The lowest BCUT2D eigenvalue weighted by molar-refractivity contribution is -0.131. The molecule has 0 aromatic heterocycles. The van der Waals surface area contributed by atoms with Gasteiger partial charge < -0.3 is 25.6 Å². The lowest BCUT2D eigenvalue weighted by Gasteiger charge is -2.42. The molecule has 1 heterocycles. The van der Waals surface area contributed by atoms with E-state index in [-0.39, 0.29) is 23.1 Å². The Bertz CT molecular complexity index is 752. The van der Waals surface area contributed by atoms with E-state index < -0.39 is 31.1 Å². The van der Waals surface area contributed by atoms with E-state index in [1.165, 1.54) is 12.1 Å². The lowest BCUT2D eigenvalue weighted by Crippen LogP contribution is -2.61. The molecule has 172 valence electrons. The maximum atomic E-state index is 13.2. The summed E-state index contributed by atoms with van der Waals surface area (Å²) in [5.41, 5.74) is 0.515. The first-order valence-electron chi connectivity index (χ1n) is 10.9. The molecule has 1 aliphatic heterocycles. The molecule has 0 aliphatic carbocycles. The normalized spacial score (nSPS) is 18.2. The van der Waals surface area contributed by atoms with Crippen LogP contribution in [0.15, 0.2) is 24.3 Å². The minimum Gasteiger partial charge on any atom is -0.426 e. The van der Waals surface area contributed by atoms with Crippen molar-refractivity contribution in [1.29, 1.82) is 0 Å². The first-order chi connectivity index (χ1) is 14.4. The Labute approximate surface area is 184 Å². The molecule has 7 nitrogen and oxygen atoms in total. The van der Waals surface area contributed by atoms with Crippen LogP contribution in [0.3, 0.4) is 0 Å². The van der Waals surface area contributed by atoms with Crippen molar-refractivity contribution in [3.05, 3.63) is 30.1 Å². The van der Waals surface area contributed by atoms with Crippen molar-refractivity contribution in [2.45, 2.75) is 71.9 Å². The summed E-state index contributed by atoms with van der Waals surface area (Å²) >= 11 is 0. The molecular weight excluding hydrogens is 400 g/mol.